The SMILES string of the molecule is C[C@@]1(O)CC(F)(F)CC[C@@H]1Oc1nc(N[C@@H]2CCN(S(=O)(=O)c3ccccn3)C[C@H]2F)ncc1C#N. The van der Waals surface area contributed by atoms with E-state index < -0.39 is 59.3 Å². The van der Waals surface area contributed by atoms with Gasteiger partial charge >= 0.3 is 0 Å². The third kappa shape index (κ3) is 5.53. The number of hydrogen-bond acceptors (Lipinski definition) is 9. The number of rotatable bonds is 6. The number of piperidine rings is 1. The Morgan fingerprint density at radius 2 is 2.08 bits per heavy atom. The number of nitriles is 1. The molecule has 4 rings (SSSR count). The number of alkyl halides is 3. The number of halogens is 3. The fraction of sp³-hybridized carbons (Fsp3) is 0.545. The van der Waals surface area contributed by atoms with E-state index in [9.17, 15) is 32.0 Å². The summed E-state index contributed by atoms with van der Waals surface area (Å²) in [5.41, 5.74) is -1.94. The summed E-state index contributed by atoms with van der Waals surface area (Å²) in [5, 5.41) is 22.5. The van der Waals surface area contributed by atoms with E-state index in [0.717, 1.165) is 10.5 Å². The summed E-state index contributed by atoms with van der Waals surface area (Å²) in [6.07, 6.45) is -1.52. The molecule has 1 saturated carbocycles. The molecule has 4 atom stereocenters. The molecule has 1 saturated heterocycles. The minimum atomic E-state index is -3.95. The summed E-state index contributed by atoms with van der Waals surface area (Å²) < 4.78 is 74.6. The standard InChI is InChI=1S/C22H25F3N6O4S/c1-21(32)13-22(24,25)7-5-17(21)35-19-14(10-26)11-28-20(30-19)29-16-6-9-31(12-15(16)23)36(33,34)18-4-2-3-8-27-18/h2-4,8,11,15-17,32H,5-7,9,12-13H2,1H3,(H,28,29,30)/t15-,16-,17+,21-/m1/s1. The second-order valence-electron chi connectivity index (χ2n) is 9.15. The minimum absolute atomic E-state index is 0.0236. The number of anilines is 1. The molecule has 0 radical (unpaired) electrons. The van der Waals surface area contributed by atoms with E-state index in [1.54, 1.807) is 6.07 Å². The van der Waals surface area contributed by atoms with Crippen LogP contribution in [0.5, 0.6) is 5.88 Å². The van der Waals surface area contributed by atoms with Crippen LogP contribution in [0.3, 0.4) is 0 Å². The smallest absolute Gasteiger partial charge is 0.260 e. The highest BCUT2D eigenvalue weighted by molar-refractivity contribution is 7.89. The second-order valence-corrected chi connectivity index (χ2v) is 11.0. The lowest BCUT2D eigenvalue weighted by Crippen LogP contribution is -2.51. The molecule has 194 valence electrons. The van der Waals surface area contributed by atoms with Gasteiger partial charge in [-0.05, 0) is 31.9 Å². The highest BCUT2D eigenvalue weighted by atomic mass is 32.2. The zero-order valence-electron chi connectivity index (χ0n) is 19.3. The zero-order chi connectivity index (χ0) is 26.1. The third-order valence-corrected chi connectivity index (χ3v) is 8.05. The molecule has 2 N–H and O–H groups in total. The topological polar surface area (TPSA) is 141 Å². The van der Waals surface area contributed by atoms with Gasteiger partial charge < -0.3 is 15.2 Å². The average molecular weight is 527 g/mol. The normalized spacial score (nSPS) is 28.7. The van der Waals surface area contributed by atoms with Gasteiger partial charge in [0.15, 0.2) is 5.03 Å². The fourth-order valence-electron chi connectivity index (χ4n) is 4.36. The van der Waals surface area contributed by atoms with Gasteiger partial charge in [-0.15, -0.1) is 0 Å². The lowest BCUT2D eigenvalue weighted by Gasteiger charge is -2.40. The van der Waals surface area contributed by atoms with E-state index in [1.807, 2.05) is 6.07 Å². The maximum Gasteiger partial charge on any atom is 0.260 e. The molecule has 14 heteroatoms. The van der Waals surface area contributed by atoms with Crippen molar-refractivity contribution in [3.8, 4) is 11.9 Å². The molecule has 2 aliphatic rings. The van der Waals surface area contributed by atoms with Crippen molar-refractivity contribution < 1.29 is 31.4 Å². The third-order valence-electron chi connectivity index (χ3n) is 6.27. The summed E-state index contributed by atoms with van der Waals surface area (Å²) >= 11 is 0. The molecule has 2 fully saturated rings. The maximum absolute atomic E-state index is 15.0. The molecule has 10 nitrogen and oxygen atoms in total. The van der Waals surface area contributed by atoms with Gasteiger partial charge in [0, 0.05) is 32.1 Å². The van der Waals surface area contributed by atoms with E-state index in [-0.39, 0.29) is 41.8 Å². The molecule has 2 aromatic rings. The maximum atomic E-state index is 15.0. The molecule has 0 aromatic carbocycles. The Labute approximate surface area is 206 Å². The monoisotopic (exact) mass is 526 g/mol. The van der Waals surface area contributed by atoms with Crippen molar-refractivity contribution in [3.05, 3.63) is 36.2 Å². The lowest BCUT2D eigenvalue weighted by atomic mass is 9.81. The fourth-order valence-corrected chi connectivity index (χ4v) is 5.75. The molecule has 1 aliphatic carbocycles. The molecular formula is C22H25F3N6O4S. The highest BCUT2D eigenvalue weighted by Gasteiger charge is 2.49. The van der Waals surface area contributed by atoms with Crippen molar-refractivity contribution in [2.75, 3.05) is 18.4 Å². The van der Waals surface area contributed by atoms with Crippen molar-refractivity contribution in [2.24, 2.45) is 0 Å². The molecule has 0 spiro atoms. The summed E-state index contributed by atoms with van der Waals surface area (Å²) in [5.74, 6) is -3.34. The first-order chi connectivity index (χ1) is 16.9. The number of nitrogens with zero attached hydrogens (tertiary/aromatic N) is 5. The molecule has 1 aliphatic heterocycles. The Morgan fingerprint density at radius 3 is 2.72 bits per heavy atom. The van der Waals surface area contributed by atoms with Crippen LogP contribution in [0.25, 0.3) is 0 Å². The number of pyridine rings is 1. The van der Waals surface area contributed by atoms with Crippen LogP contribution in [-0.4, -0.2) is 75.7 Å². The van der Waals surface area contributed by atoms with Gasteiger partial charge in [-0.2, -0.15) is 14.6 Å². The number of aliphatic hydroxyl groups is 1. The first kappa shape index (κ1) is 26.1. The quantitative estimate of drug-likeness (QED) is 0.580. The van der Waals surface area contributed by atoms with Gasteiger partial charge in [0.25, 0.3) is 15.9 Å². The van der Waals surface area contributed by atoms with Gasteiger partial charge in [0.2, 0.25) is 11.8 Å². The summed E-state index contributed by atoms with van der Waals surface area (Å²) in [7, 11) is -3.95. The van der Waals surface area contributed by atoms with E-state index in [2.05, 4.69) is 20.3 Å². The second kappa shape index (κ2) is 9.79. The highest BCUT2D eigenvalue weighted by Crippen LogP contribution is 2.41. The van der Waals surface area contributed by atoms with E-state index in [4.69, 9.17) is 4.74 Å². The van der Waals surface area contributed by atoms with Crippen molar-refractivity contribution in [3.63, 3.8) is 0 Å². The van der Waals surface area contributed by atoms with E-state index >= 15 is 0 Å². The van der Waals surface area contributed by atoms with Gasteiger partial charge in [0.1, 0.15) is 29.5 Å². The molecule has 0 amide bonds. The molecule has 3 heterocycles. The van der Waals surface area contributed by atoms with Crippen molar-refractivity contribution in [2.45, 2.75) is 67.5 Å². The Morgan fingerprint density at radius 1 is 1.31 bits per heavy atom. The predicted molar refractivity (Wildman–Crippen MR) is 121 cm³/mol. The average Bonchev–Trinajstić information content (AvgIpc) is 2.82. The van der Waals surface area contributed by atoms with Crippen LogP contribution >= 0.6 is 0 Å². The van der Waals surface area contributed by atoms with Gasteiger partial charge in [0.05, 0.1) is 12.2 Å². The van der Waals surface area contributed by atoms with Crippen LogP contribution in [-0.2, 0) is 10.0 Å². The molecule has 2 aromatic heterocycles. The van der Waals surface area contributed by atoms with Crippen LogP contribution in [0.2, 0.25) is 0 Å². The number of aromatic nitrogens is 3. The zero-order valence-corrected chi connectivity index (χ0v) is 20.1. The number of nitrogens with one attached hydrogen (secondary N) is 1. The van der Waals surface area contributed by atoms with Crippen LogP contribution in [0.1, 0.15) is 38.2 Å². The van der Waals surface area contributed by atoms with Gasteiger partial charge in [-0.25, -0.2) is 31.6 Å². The Hall–Kier alpha value is -3.02. The number of sulfonamides is 1. The molecule has 0 bridgehead atoms. The summed E-state index contributed by atoms with van der Waals surface area (Å²) in [6, 6.07) is 5.45. The number of ether oxygens (including phenoxy) is 1. The molecule has 0 unspecified atom stereocenters. The predicted octanol–water partition coefficient (Wildman–Crippen LogP) is 2.27. The summed E-state index contributed by atoms with van der Waals surface area (Å²) in [6.45, 7) is 0.850. The van der Waals surface area contributed by atoms with E-state index in [0.29, 0.717) is 0 Å². The number of hydrogen-bond donors (Lipinski definition) is 2. The Bertz CT molecular complexity index is 1240. The van der Waals surface area contributed by atoms with Crippen molar-refractivity contribution in [1.82, 2.24) is 19.3 Å². The Balaban J connectivity index is 1.45. The van der Waals surface area contributed by atoms with Crippen LogP contribution in [0, 0.1) is 11.3 Å². The van der Waals surface area contributed by atoms with Crippen molar-refractivity contribution in [1.29, 1.82) is 5.26 Å². The Kier molecular flexibility index (Phi) is 7.09. The first-order valence-corrected chi connectivity index (χ1v) is 12.7. The first-order valence-electron chi connectivity index (χ1n) is 11.3. The van der Waals surface area contributed by atoms with Gasteiger partial charge in [-0.1, -0.05) is 6.07 Å². The van der Waals surface area contributed by atoms with Crippen LogP contribution < -0.4 is 10.1 Å². The van der Waals surface area contributed by atoms with Crippen molar-refractivity contribution >= 4 is 16.0 Å². The summed E-state index contributed by atoms with van der Waals surface area (Å²) in [4.78, 5) is 11.9. The van der Waals surface area contributed by atoms with Crippen LogP contribution in [0.4, 0.5) is 19.1 Å². The lowest BCUT2D eigenvalue weighted by molar-refractivity contribution is -0.162. The largest absolute Gasteiger partial charge is 0.470 e. The minimum Gasteiger partial charge on any atom is -0.470 e. The molecular weight excluding hydrogens is 501 g/mol. The van der Waals surface area contributed by atoms with Gasteiger partial charge in [-0.3, -0.25) is 0 Å². The van der Waals surface area contributed by atoms with E-state index in [1.165, 1.54) is 25.3 Å². The van der Waals surface area contributed by atoms with Crippen LogP contribution in [0.15, 0.2) is 35.6 Å². The molecule has 36 heavy (non-hydrogen) atoms.